The van der Waals surface area contributed by atoms with Crippen LogP contribution in [0.25, 0.3) is 11.0 Å². The number of imide groups is 1. The van der Waals surface area contributed by atoms with Gasteiger partial charge >= 0.3 is 12.0 Å². The third kappa shape index (κ3) is 2.70. The summed E-state index contributed by atoms with van der Waals surface area (Å²) in [5.74, 6) is -2.00. The number of hydrogen-bond donors (Lipinski definition) is 1. The molecule has 1 aromatic heterocycles. The fourth-order valence-corrected chi connectivity index (χ4v) is 2.55. The van der Waals surface area contributed by atoms with Crippen LogP contribution in [0.2, 0.25) is 0 Å². The number of benzene rings is 1. The Kier molecular flexibility index (Phi) is 3.96. The number of amides is 3. The van der Waals surface area contributed by atoms with E-state index in [1.807, 2.05) is 0 Å². The minimum absolute atomic E-state index is 0.0962. The van der Waals surface area contributed by atoms with E-state index < -0.39 is 29.8 Å². The van der Waals surface area contributed by atoms with Gasteiger partial charge in [-0.1, -0.05) is 0 Å². The number of nitrogens with one attached hydrogen (secondary N) is 1. The van der Waals surface area contributed by atoms with Crippen molar-refractivity contribution in [2.24, 2.45) is 0 Å². The number of ether oxygens (including phenoxy) is 1. The van der Waals surface area contributed by atoms with Gasteiger partial charge in [-0.25, -0.2) is 14.0 Å². The Morgan fingerprint density at radius 1 is 1.42 bits per heavy atom. The van der Waals surface area contributed by atoms with Gasteiger partial charge in [0.2, 0.25) is 5.76 Å². The van der Waals surface area contributed by atoms with Gasteiger partial charge in [-0.05, 0) is 32.0 Å². The first-order chi connectivity index (χ1) is 11.4. The molecule has 3 rings (SSSR count). The zero-order valence-corrected chi connectivity index (χ0v) is 13.1. The van der Waals surface area contributed by atoms with E-state index in [-0.39, 0.29) is 12.3 Å². The summed E-state index contributed by atoms with van der Waals surface area (Å²) in [6, 6.07) is 3.38. The second-order valence-corrected chi connectivity index (χ2v) is 5.47. The Labute approximate surface area is 136 Å². The van der Waals surface area contributed by atoms with Crippen LogP contribution in [0.5, 0.6) is 0 Å². The normalized spacial score (nSPS) is 15.5. The van der Waals surface area contributed by atoms with E-state index in [0.717, 1.165) is 4.90 Å². The van der Waals surface area contributed by atoms with Crippen LogP contribution in [-0.2, 0) is 9.53 Å². The fourth-order valence-electron chi connectivity index (χ4n) is 2.55. The Balaban J connectivity index is 1.78. The predicted octanol–water partition coefficient (Wildman–Crippen LogP) is 1.98. The molecule has 1 saturated heterocycles. The zero-order valence-electron chi connectivity index (χ0n) is 13.1. The van der Waals surface area contributed by atoms with Gasteiger partial charge in [-0.3, -0.25) is 9.69 Å². The first-order valence-electron chi connectivity index (χ1n) is 7.37. The lowest BCUT2D eigenvalue weighted by Gasteiger charge is -2.17. The van der Waals surface area contributed by atoms with Crippen molar-refractivity contribution in [3.8, 4) is 0 Å². The Morgan fingerprint density at radius 3 is 2.83 bits per heavy atom. The topological polar surface area (TPSA) is 88.9 Å². The number of carbonyl (C=O) groups is 3. The Morgan fingerprint density at radius 2 is 2.17 bits per heavy atom. The molecule has 0 aliphatic carbocycles. The Bertz CT molecular complexity index is 844. The number of nitrogens with zero attached hydrogens (tertiary/aromatic N) is 1. The number of fused-ring (bicyclic) bond motifs is 1. The molecule has 24 heavy (non-hydrogen) atoms. The van der Waals surface area contributed by atoms with E-state index in [9.17, 15) is 18.8 Å². The van der Waals surface area contributed by atoms with E-state index in [1.165, 1.54) is 25.1 Å². The third-order valence-electron chi connectivity index (χ3n) is 3.84. The largest absolute Gasteiger partial charge is 0.449 e. The second kappa shape index (κ2) is 5.95. The van der Waals surface area contributed by atoms with Crippen LogP contribution in [0, 0.1) is 12.7 Å². The summed E-state index contributed by atoms with van der Waals surface area (Å²) in [5, 5.41) is 2.95. The number of hydrogen-bond acceptors (Lipinski definition) is 5. The summed E-state index contributed by atoms with van der Waals surface area (Å²) in [6.45, 7) is 3.56. The summed E-state index contributed by atoms with van der Waals surface area (Å²) < 4.78 is 23.8. The summed E-state index contributed by atoms with van der Waals surface area (Å²) in [4.78, 5) is 36.8. The van der Waals surface area contributed by atoms with Crippen LogP contribution in [0.4, 0.5) is 9.18 Å². The van der Waals surface area contributed by atoms with Crippen molar-refractivity contribution in [2.45, 2.75) is 20.0 Å². The summed E-state index contributed by atoms with van der Waals surface area (Å²) >= 11 is 0. The molecule has 7 nitrogen and oxygen atoms in total. The minimum Gasteiger partial charge on any atom is -0.449 e. The molecule has 0 saturated carbocycles. The van der Waals surface area contributed by atoms with E-state index in [1.54, 1.807) is 6.92 Å². The monoisotopic (exact) mass is 334 g/mol. The van der Waals surface area contributed by atoms with Crippen LogP contribution in [0.15, 0.2) is 22.6 Å². The molecule has 1 fully saturated rings. The number of carbonyl (C=O) groups excluding carboxylic acids is 3. The van der Waals surface area contributed by atoms with E-state index in [4.69, 9.17) is 9.15 Å². The average Bonchev–Trinajstić information content (AvgIpc) is 3.10. The van der Waals surface area contributed by atoms with E-state index in [0.29, 0.717) is 23.1 Å². The van der Waals surface area contributed by atoms with Gasteiger partial charge in [-0.15, -0.1) is 0 Å². The Hall–Kier alpha value is -2.90. The fraction of sp³-hybridized carbons (Fsp3) is 0.312. The van der Waals surface area contributed by atoms with Crippen molar-refractivity contribution in [2.75, 3.05) is 13.1 Å². The molecule has 2 heterocycles. The molecule has 0 radical (unpaired) electrons. The molecule has 1 atom stereocenters. The molecule has 0 bridgehead atoms. The lowest BCUT2D eigenvalue weighted by molar-refractivity contribution is -0.136. The lowest BCUT2D eigenvalue weighted by atomic mass is 10.1. The quantitative estimate of drug-likeness (QED) is 0.867. The highest BCUT2D eigenvalue weighted by Crippen LogP contribution is 2.26. The van der Waals surface area contributed by atoms with Crippen molar-refractivity contribution >= 4 is 28.9 Å². The van der Waals surface area contributed by atoms with Crippen LogP contribution in [0.1, 0.15) is 23.0 Å². The highest BCUT2D eigenvalue weighted by atomic mass is 19.1. The summed E-state index contributed by atoms with van der Waals surface area (Å²) in [5.41, 5.74) is 0.770. The first kappa shape index (κ1) is 16.0. The van der Waals surface area contributed by atoms with Gasteiger partial charge < -0.3 is 14.5 Å². The maximum Gasteiger partial charge on any atom is 0.375 e. The number of urea groups is 1. The molecule has 1 aromatic carbocycles. The lowest BCUT2D eigenvalue weighted by Crippen LogP contribution is -2.41. The smallest absolute Gasteiger partial charge is 0.375 e. The zero-order chi connectivity index (χ0) is 17.4. The number of aryl methyl sites for hydroxylation is 1. The molecule has 8 heteroatoms. The standard InChI is InChI=1S/C16H15FN2O5/c1-8-11-7-10(17)3-4-12(11)24-13(8)15(21)23-9(2)14(20)19-6-5-18-16(19)22/h3-4,7,9H,5-6H2,1-2H3,(H,18,22)/t9-/m1/s1. The van der Waals surface area contributed by atoms with Crippen molar-refractivity contribution in [1.82, 2.24) is 10.2 Å². The number of rotatable bonds is 3. The van der Waals surface area contributed by atoms with Crippen LogP contribution >= 0.6 is 0 Å². The number of furan rings is 1. The van der Waals surface area contributed by atoms with Gasteiger partial charge in [0.05, 0.1) is 0 Å². The minimum atomic E-state index is -1.15. The van der Waals surface area contributed by atoms with Gasteiger partial charge in [-0.2, -0.15) is 0 Å². The van der Waals surface area contributed by atoms with E-state index in [2.05, 4.69) is 5.32 Å². The van der Waals surface area contributed by atoms with Crippen molar-refractivity contribution in [1.29, 1.82) is 0 Å². The molecule has 126 valence electrons. The molecule has 1 N–H and O–H groups in total. The number of halogens is 1. The summed E-state index contributed by atoms with van der Waals surface area (Å²) in [7, 11) is 0. The first-order valence-corrected chi connectivity index (χ1v) is 7.37. The molecular weight excluding hydrogens is 319 g/mol. The van der Waals surface area contributed by atoms with Gasteiger partial charge in [0.25, 0.3) is 5.91 Å². The molecule has 0 spiro atoms. The van der Waals surface area contributed by atoms with Gasteiger partial charge in [0.1, 0.15) is 11.4 Å². The van der Waals surface area contributed by atoms with Gasteiger partial charge in [0, 0.05) is 24.0 Å². The van der Waals surface area contributed by atoms with Gasteiger partial charge in [0.15, 0.2) is 6.10 Å². The molecule has 2 aromatic rings. The number of esters is 1. The third-order valence-corrected chi connectivity index (χ3v) is 3.84. The SMILES string of the molecule is Cc1c(C(=O)O[C@H](C)C(=O)N2CCNC2=O)oc2ccc(F)cc12. The van der Waals surface area contributed by atoms with Crippen molar-refractivity contribution in [3.63, 3.8) is 0 Å². The molecule has 1 aliphatic heterocycles. The maximum absolute atomic E-state index is 13.3. The summed E-state index contributed by atoms with van der Waals surface area (Å²) in [6.07, 6.45) is -1.15. The highest BCUT2D eigenvalue weighted by Gasteiger charge is 2.32. The van der Waals surface area contributed by atoms with Crippen LogP contribution in [0.3, 0.4) is 0 Å². The van der Waals surface area contributed by atoms with E-state index >= 15 is 0 Å². The van der Waals surface area contributed by atoms with Crippen LogP contribution in [-0.4, -0.2) is 42.0 Å². The maximum atomic E-state index is 13.3. The predicted molar refractivity (Wildman–Crippen MR) is 80.9 cm³/mol. The molecule has 0 unspecified atom stereocenters. The second-order valence-electron chi connectivity index (χ2n) is 5.47. The molecular formula is C16H15FN2O5. The highest BCUT2D eigenvalue weighted by molar-refractivity contribution is 6.00. The molecule has 1 aliphatic rings. The van der Waals surface area contributed by atoms with Crippen LogP contribution < -0.4 is 5.32 Å². The van der Waals surface area contributed by atoms with Crippen molar-refractivity contribution in [3.05, 3.63) is 35.3 Å². The molecule has 3 amide bonds. The average molecular weight is 334 g/mol. The van der Waals surface area contributed by atoms with Crippen molar-refractivity contribution < 1.29 is 27.9 Å².